The Morgan fingerprint density at radius 2 is 2.00 bits per heavy atom. The van der Waals surface area contributed by atoms with E-state index in [1.54, 1.807) is 6.92 Å². The molecule has 22 heavy (non-hydrogen) atoms. The minimum atomic E-state index is -0.497. The van der Waals surface area contributed by atoms with E-state index in [0.717, 1.165) is 17.3 Å². The van der Waals surface area contributed by atoms with Crippen molar-refractivity contribution in [2.45, 2.75) is 19.0 Å². The topological polar surface area (TPSA) is 99.8 Å². The van der Waals surface area contributed by atoms with Crippen molar-refractivity contribution in [2.75, 3.05) is 12.3 Å². The lowest BCUT2D eigenvalue weighted by atomic mass is 10.1. The smallest absolute Gasteiger partial charge is 0.321 e. The van der Waals surface area contributed by atoms with Gasteiger partial charge in [-0.25, -0.2) is 9.78 Å². The quantitative estimate of drug-likeness (QED) is 0.729. The van der Waals surface area contributed by atoms with Crippen LogP contribution in [0.1, 0.15) is 12.5 Å². The van der Waals surface area contributed by atoms with E-state index in [0.29, 0.717) is 17.5 Å². The molecule has 2 rings (SSSR count). The highest BCUT2D eigenvalue weighted by atomic mass is 32.2. The number of imide groups is 1. The summed E-state index contributed by atoms with van der Waals surface area (Å²) in [6.45, 7) is 4.25. The van der Waals surface area contributed by atoms with Crippen LogP contribution in [-0.4, -0.2) is 39.4 Å². The number of urea groups is 1. The Kier molecular flexibility index (Phi) is 5.54. The molecule has 8 heteroatoms. The molecule has 0 aliphatic heterocycles. The number of H-pyrrole nitrogens is 1. The van der Waals surface area contributed by atoms with Gasteiger partial charge in [0.15, 0.2) is 5.82 Å². The van der Waals surface area contributed by atoms with E-state index >= 15 is 0 Å². The number of nitrogens with zero attached hydrogens (tertiary/aromatic N) is 2. The van der Waals surface area contributed by atoms with Crippen LogP contribution in [0.3, 0.4) is 0 Å². The zero-order valence-corrected chi connectivity index (χ0v) is 13.2. The standard InChI is InChI=1S/C14H17N5O2S/c1-3-15-13(21)16-11(20)8-22-14-17-12(18-19-14)10-6-4-9(2)5-7-10/h4-7H,3,8H2,1-2H3,(H,17,18,19)(H2,15,16,20,21). The number of thioether (sulfide) groups is 1. The average Bonchev–Trinajstić information content (AvgIpc) is 2.95. The first kappa shape index (κ1) is 16.0. The minimum absolute atomic E-state index is 0.0718. The van der Waals surface area contributed by atoms with Gasteiger partial charge in [0.25, 0.3) is 0 Å². The monoisotopic (exact) mass is 319 g/mol. The number of hydrogen-bond donors (Lipinski definition) is 3. The molecule has 0 saturated heterocycles. The van der Waals surface area contributed by atoms with Gasteiger partial charge in [-0.05, 0) is 13.8 Å². The van der Waals surface area contributed by atoms with Crippen LogP contribution < -0.4 is 10.6 Å². The highest BCUT2D eigenvalue weighted by Gasteiger charge is 2.10. The zero-order valence-electron chi connectivity index (χ0n) is 12.3. The number of carbonyl (C=O) groups is 2. The van der Waals surface area contributed by atoms with Gasteiger partial charge in [-0.3, -0.25) is 15.2 Å². The predicted molar refractivity (Wildman–Crippen MR) is 84.5 cm³/mol. The van der Waals surface area contributed by atoms with Crippen molar-refractivity contribution in [1.29, 1.82) is 0 Å². The molecule has 1 heterocycles. The minimum Gasteiger partial charge on any atom is -0.338 e. The van der Waals surface area contributed by atoms with E-state index in [4.69, 9.17) is 0 Å². The van der Waals surface area contributed by atoms with E-state index in [9.17, 15) is 9.59 Å². The largest absolute Gasteiger partial charge is 0.338 e. The summed E-state index contributed by atoms with van der Waals surface area (Å²) in [7, 11) is 0. The van der Waals surface area contributed by atoms with Crippen molar-refractivity contribution in [3.05, 3.63) is 29.8 Å². The molecular weight excluding hydrogens is 302 g/mol. The highest BCUT2D eigenvalue weighted by Crippen LogP contribution is 2.19. The molecule has 3 N–H and O–H groups in total. The average molecular weight is 319 g/mol. The first-order valence-corrected chi connectivity index (χ1v) is 7.77. The fourth-order valence-electron chi connectivity index (χ4n) is 1.65. The van der Waals surface area contributed by atoms with Crippen molar-refractivity contribution >= 4 is 23.7 Å². The summed E-state index contributed by atoms with van der Waals surface area (Å²) < 4.78 is 0. The van der Waals surface area contributed by atoms with Crippen LogP contribution in [0.4, 0.5) is 4.79 Å². The molecule has 0 bridgehead atoms. The fourth-order valence-corrected chi connectivity index (χ4v) is 2.25. The van der Waals surface area contributed by atoms with Gasteiger partial charge in [0.1, 0.15) is 0 Å². The second kappa shape index (κ2) is 7.60. The van der Waals surface area contributed by atoms with Gasteiger partial charge in [0.2, 0.25) is 11.1 Å². The number of amides is 3. The Morgan fingerprint density at radius 3 is 2.68 bits per heavy atom. The molecule has 1 aromatic carbocycles. The molecule has 0 atom stereocenters. The Labute approximate surface area is 132 Å². The summed E-state index contributed by atoms with van der Waals surface area (Å²) in [6.07, 6.45) is 0. The van der Waals surface area contributed by atoms with Gasteiger partial charge < -0.3 is 5.32 Å². The third-order valence-corrected chi connectivity index (χ3v) is 3.56. The number of carbonyl (C=O) groups excluding carboxylic acids is 2. The van der Waals surface area contributed by atoms with Crippen LogP contribution in [0.15, 0.2) is 29.4 Å². The molecule has 0 spiro atoms. The molecule has 0 radical (unpaired) electrons. The van der Waals surface area contributed by atoms with E-state index in [1.807, 2.05) is 31.2 Å². The lowest BCUT2D eigenvalue weighted by molar-refractivity contribution is -0.117. The number of benzene rings is 1. The van der Waals surface area contributed by atoms with Crippen LogP contribution in [0, 0.1) is 6.92 Å². The SMILES string of the molecule is CCNC(=O)NC(=O)CSc1n[nH]c(-c2ccc(C)cc2)n1. The predicted octanol–water partition coefficient (Wildman–Crippen LogP) is 1.72. The summed E-state index contributed by atoms with van der Waals surface area (Å²) in [5.74, 6) is 0.326. The van der Waals surface area contributed by atoms with Crippen molar-refractivity contribution in [1.82, 2.24) is 25.8 Å². The van der Waals surface area contributed by atoms with Crippen LogP contribution in [0.5, 0.6) is 0 Å². The van der Waals surface area contributed by atoms with Crippen LogP contribution in [0.2, 0.25) is 0 Å². The zero-order chi connectivity index (χ0) is 15.9. The first-order valence-electron chi connectivity index (χ1n) is 6.78. The van der Waals surface area contributed by atoms with E-state index < -0.39 is 11.9 Å². The van der Waals surface area contributed by atoms with Crippen molar-refractivity contribution in [2.24, 2.45) is 0 Å². The Balaban J connectivity index is 1.88. The Hall–Kier alpha value is -2.35. The molecule has 3 amide bonds. The Morgan fingerprint density at radius 1 is 1.27 bits per heavy atom. The maximum Gasteiger partial charge on any atom is 0.321 e. The van der Waals surface area contributed by atoms with Gasteiger partial charge in [0, 0.05) is 12.1 Å². The first-order chi connectivity index (χ1) is 10.6. The molecule has 2 aromatic rings. The molecule has 1 aromatic heterocycles. The Bertz CT molecular complexity index is 654. The number of aromatic nitrogens is 3. The number of aromatic amines is 1. The van der Waals surface area contributed by atoms with Gasteiger partial charge in [-0.1, -0.05) is 41.6 Å². The van der Waals surface area contributed by atoms with Crippen LogP contribution in [0.25, 0.3) is 11.4 Å². The molecule has 0 saturated carbocycles. The molecule has 0 unspecified atom stereocenters. The summed E-state index contributed by atoms with van der Waals surface area (Å²) >= 11 is 1.16. The maximum absolute atomic E-state index is 11.6. The van der Waals surface area contributed by atoms with Crippen molar-refractivity contribution in [3.8, 4) is 11.4 Å². The number of rotatable bonds is 5. The van der Waals surface area contributed by atoms with Gasteiger partial charge in [0.05, 0.1) is 5.75 Å². The van der Waals surface area contributed by atoms with E-state index in [-0.39, 0.29) is 5.75 Å². The van der Waals surface area contributed by atoms with E-state index in [1.165, 1.54) is 5.56 Å². The van der Waals surface area contributed by atoms with Crippen molar-refractivity contribution in [3.63, 3.8) is 0 Å². The van der Waals surface area contributed by atoms with Gasteiger partial charge in [-0.15, -0.1) is 5.10 Å². The van der Waals surface area contributed by atoms with E-state index in [2.05, 4.69) is 25.8 Å². The van der Waals surface area contributed by atoms with Crippen LogP contribution >= 0.6 is 11.8 Å². The summed E-state index contributed by atoms with van der Waals surface area (Å²) in [5, 5.41) is 12.0. The normalized spacial score (nSPS) is 10.3. The molecule has 7 nitrogen and oxygen atoms in total. The highest BCUT2D eigenvalue weighted by molar-refractivity contribution is 7.99. The summed E-state index contributed by atoms with van der Waals surface area (Å²) in [5.41, 5.74) is 2.09. The number of hydrogen-bond acceptors (Lipinski definition) is 5. The molecular formula is C14H17N5O2S. The lowest BCUT2D eigenvalue weighted by Gasteiger charge is -2.02. The molecule has 0 aliphatic carbocycles. The van der Waals surface area contributed by atoms with Crippen molar-refractivity contribution < 1.29 is 9.59 Å². The molecule has 0 fully saturated rings. The number of nitrogens with one attached hydrogen (secondary N) is 3. The van der Waals surface area contributed by atoms with Crippen LogP contribution in [-0.2, 0) is 4.79 Å². The maximum atomic E-state index is 11.6. The van der Waals surface area contributed by atoms with Gasteiger partial charge in [-0.2, -0.15) is 0 Å². The lowest BCUT2D eigenvalue weighted by Crippen LogP contribution is -2.40. The second-order valence-corrected chi connectivity index (χ2v) is 5.47. The molecule has 116 valence electrons. The third kappa shape index (κ3) is 4.59. The fraction of sp³-hybridized carbons (Fsp3) is 0.286. The third-order valence-electron chi connectivity index (χ3n) is 2.71. The molecule has 0 aliphatic rings. The second-order valence-electron chi connectivity index (χ2n) is 4.53. The summed E-state index contributed by atoms with van der Waals surface area (Å²) in [6, 6.07) is 7.39. The van der Waals surface area contributed by atoms with Gasteiger partial charge >= 0.3 is 6.03 Å². The summed E-state index contributed by atoms with van der Waals surface area (Å²) in [4.78, 5) is 27.1. The number of aryl methyl sites for hydroxylation is 1.